The Morgan fingerprint density at radius 1 is 1.55 bits per heavy atom. The molecule has 58 valence electrons. The van der Waals surface area contributed by atoms with Gasteiger partial charge in [0.2, 0.25) is 0 Å². The number of rotatable bonds is 2. The highest BCUT2D eigenvalue weighted by atomic mass is 35.5. The minimum absolute atomic E-state index is 0.163. The van der Waals surface area contributed by atoms with Gasteiger partial charge in [0.1, 0.15) is 12.1 Å². The Bertz CT molecular complexity index is 273. The van der Waals surface area contributed by atoms with Gasteiger partial charge in [-0.1, -0.05) is 11.6 Å². The van der Waals surface area contributed by atoms with Crippen molar-refractivity contribution in [3.8, 4) is 0 Å². The highest BCUT2D eigenvalue weighted by Gasteiger charge is 1.99. The van der Waals surface area contributed by atoms with E-state index in [0.29, 0.717) is 16.9 Å². The maximum absolute atomic E-state index is 12.5. The maximum atomic E-state index is 12.5. The predicted octanol–water partition coefficient (Wildman–Crippen LogP) is 2.22. The van der Waals surface area contributed by atoms with Gasteiger partial charge in [0, 0.05) is 11.4 Å². The van der Waals surface area contributed by atoms with Gasteiger partial charge in [0.05, 0.1) is 0 Å². The van der Waals surface area contributed by atoms with Crippen LogP contribution in [0.25, 0.3) is 0 Å². The molecule has 1 aromatic rings. The average Bonchev–Trinajstić information content (AvgIpc) is 1.98. The minimum Gasteiger partial charge on any atom is -0.303 e. The van der Waals surface area contributed by atoms with Crippen molar-refractivity contribution in [1.29, 1.82) is 0 Å². The van der Waals surface area contributed by atoms with E-state index >= 15 is 0 Å². The summed E-state index contributed by atoms with van der Waals surface area (Å²) in [5.41, 5.74) is 0.529. The second-order valence-electron chi connectivity index (χ2n) is 2.11. The van der Waals surface area contributed by atoms with Gasteiger partial charge in [0.25, 0.3) is 0 Å². The van der Waals surface area contributed by atoms with Crippen LogP contribution < -0.4 is 0 Å². The molecule has 0 aromatic heterocycles. The van der Waals surface area contributed by atoms with Gasteiger partial charge in [-0.15, -0.1) is 0 Å². The second kappa shape index (κ2) is 3.49. The van der Waals surface area contributed by atoms with Crippen molar-refractivity contribution in [2.75, 3.05) is 0 Å². The highest BCUT2D eigenvalue weighted by molar-refractivity contribution is 6.31. The van der Waals surface area contributed by atoms with Crippen LogP contribution in [-0.4, -0.2) is 6.29 Å². The van der Waals surface area contributed by atoms with Gasteiger partial charge in [-0.25, -0.2) is 4.39 Å². The van der Waals surface area contributed by atoms with E-state index in [4.69, 9.17) is 11.6 Å². The van der Waals surface area contributed by atoms with Gasteiger partial charge in [-0.05, 0) is 23.8 Å². The maximum Gasteiger partial charge on any atom is 0.124 e. The zero-order chi connectivity index (χ0) is 8.27. The molecular weight excluding hydrogens is 167 g/mol. The van der Waals surface area contributed by atoms with Crippen LogP contribution >= 0.6 is 11.6 Å². The highest BCUT2D eigenvalue weighted by Crippen LogP contribution is 2.16. The molecule has 1 nitrogen and oxygen atoms in total. The SMILES string of the molecule is O=CCc1cc(F)ccc1Cl. The summed E-state index contributed by atoms with van der Waals surface area (Å²) in [5.74, 6) is -0.369. The van der Waals surface area contributed by atoms with Crippen LogP contribution in [0.15, 0.2) is 18.2 Å². The molecule has 0 fully saturated rings. The molecule has 0 saturated heterocycles. The first-order valence-electron chi connectivity index (χ1n) is 3.11. The molecule has 0 radical (unpaired) electrons. The molecule has 11 heavy (non-hydrogen) atoms. The fraction of sp³-hybridized carbons (Fsp3) is 0.125. The fourth-order valence-electron chi connectivity index (χ4n) is 0.790. The van der Waals surface area contributed by atoms with Gasteiger partial charge in [-0.2, -0.15) is 0 Å². The summed E-state index contributed by atoms with van der Waals surface area (Å²) in [5, 5.41) is 0.429. The largest absolute Gasteiger partial charge is 0.303 e. The molecule has 0 amide bonds. The Balaban J connectivity index is 3.01. The van der Waals surface area contributed by atoms with Crippen molar-refractivity contribution in [2.24, 2.45) is 0 Å². The lowest BCUT2D eigenvalue weighted by molar-refractivity contribution is -0.107. The molecule has 0 atom stereocenters. The minimum atomic E-state index is -0.369. The molecule has 0 bridgehead atoms. The van der Waals surface area contributed by atoms with E-state index < -0.39 is 0 Å². The van der Waals surface area contributed by atoms with E-state index in [0.717, 1.165) is 0 Å². The summed E-state index contributed by atoms with van der Waals surface area (Å²) in [6.45, 7) is 0. The normalized spacial score (nSPS) is 9.64. The lowest BCUT2D eigenvalue weighted by Gasteiger charge is -1.97. The Hall–Kier alpha value is -0.890. The van der Waals surface area contributed by atoms with E-state index in [-0.39, 0.29) is 12.2 Å². The van der Waals surface area contributed by atoms with Crippen LogP contribution in [0, 0.1) is 5.82 Å². The van der Waals surface area contributed by atoms with Gasteiger partial charge in [0.15, 0.2) is 0 Å². The predicted molar refractivity (Wildman–Crippen MR) is 41.2 cm³/mol. The number of hydrogen-bond acceptors (Lipinski definition) is 1. The van der Waals surface area contributed by atoms with Crippen LogP contribution in [0.4, 0.5) is 4.39 Å². The molecule has 1 aromatic carbocycles. The van der Waals surface area contributed by atoms with Crippen molar-refractivity contribution in [3.63, 3.8) is 0 Å². The lowest BCUT2D eigenvalue weighted by atomic mass is 10.2. The summed E-state index contributed by atoms with van der Waals surface area (Å²) in [6.07, 6.45) is 0.858. The summed E-state index contributed by atoms with van der Waals surface area (Å²) in [6, 6.07) is 3.96. The van der Waals surface area contributed by atoms with Gasteiger partial charge in [-0.3, -0.25) is 0 Å². The molecular formula is C8H6ClFO. The molecule has 0 unspecified atom stereocenters. The third-order valence-corrected chi connectivity index (χ3v) is 1.68. The van der Waals surface area contributed by atoms with Crippen LogP contribution in [0.5, 0.6) is 0 Å². The average molecular weight is 173 g/mol. The standard InChI is InChI=1S/C8H6ClFO/c9-8-2-1-7(10)5-6(8)3-4-11/h1-2,4-5H,3H2. The van der Waals surface area contributed by atoms with E-state index in [9.17, 15) is 9.18 Å². The molecule has 3 heteroatoms. The first-order valence-corrected chi connectivity index (χ1v) is 3.49. The number of carbonyl (C=O) groups is 1. The molecule has 1 rings (SSSR count). The Morgan fingerprint density at radius 3 is 2.91 bits per heavy atom. The summed E-state index contributed by atoms with van der Waals surface area (Å²) < 4.78 is 12.5. The summed E-state index contributed by atoms with van der Waals surface area (Å²) >= 11 is 5.65. The molecule has 0 aliphatic carbocycles. The monoisotopic (exact) mass is 172 g/mol. The number of aldehydes is 1. The molecule has 0 heterocycles. The van der Waals surface area contributed by atoms with Crippen LogP contribution in [0.2, 0.25) is 5.02 Å². The van der Waals surface area contributed by atoms with Crippen LogP contribution in [0.3, 0.4) is 0 Å². The van der Waals surface area contributed by atoms with Crippen molar-refractivity contribution in [3.05, 3.63) is 34.6 Å². The number of carbonyl (C=O) groups excluding carboxylic acids is 1. The van der Waals surface area contributed by atoms with Gasteiger partial charge < -0.3 is 4.79 Å². The van der Waals surface area contributed by atoms with Crippen molar-refractivity contribution >= 4 is 17.9 Å². The van der Waals surface area contributed by atoms with Crippen molar-refractivity contribution in [1.82, 2.24) is 0 Å². The molecule has 0 saturated carbocycles. The zero-order valence-electron chi connectivity index (χ0n) is 5.68. The fourth-order valence-corrected chi connectivity index (χ4v) is 0.984. The van der Waals surface area contributed by atoms with E-state index in [2.05, 4.69) is 0 Å². The van der Waals surface area contributed by atoms with Gasteiger partial charge >= 0.3 is 0 Å². The van der Waals surface area contributed by atoms with Crippen LogP contribution in [0.1, 0.15) is 5.56 Å². The third-order valence-electron chi connectivity index (χ3n) is 1.31. The molecule has 0 aliphatic heterocycles. The summed E-state index contributed by atoms with van der Waals surface area (Å²) in [7, 11) is 0. The Kier molecular flexibility index (Phi) is 2.60. The second-order valence-corrected chi connectivity index (χ2v) is 2.51. The molecule has 0 N–H and O–H groups in total. The smallest absolute Gasteiger partial charge is 0.124 e. The first kappa shape index (κ1) is 8.21. The van der Waals surface area contributed by atoms with Crippen molar-refractivity contribution in [2.45, 2.75) is 6.42 Å². The molecule has 0 aliphatic rings. The number of halogens is 2. The number of benzene rings is 1. The van der Waals surface area contributed by atoms with E-state index in [1.54, 1.807) is 0 Å². The Morgan fingerprint density at radius 2 is 2.27 bits per heavy atom. The summed E-state index contributed by atoms with van der Waals surface area (Å²) in [4.78, 5) is 10.1. The first-order chi connectivity index (χ1) is 5.24. The van der Waals surface area contributed by atoms with Crippen LogP contribution in [-0.2, 0) is 11.2 Å². The topological polar surface area (TPSA) is 17.1 Å². The zero-order valence-corrected chi connectivity index (χ0v) is 6.44. The Labute approximate surface area is 68.8 Å². The number of hydrogen-bond donors (Lipinski definition) is 0. The van der Waals surface area contributed by atoms with E-state index in [1.807, 2.05) is 0 Å². The molecule has 0 spiro atoms. The third kappa shape index (κ3) is 2.02. The quantitative estimate of drug-likeness (QED) is 0.626. The van der Waals surface area contributed by atoms with E-state index in [1.165, 1.54) is 18.2 Å². The lowest BCUT2D eigenvalue weighted by Crippen LogP contribution is -1.88. The van der Waals surface area contributed by atoms with Crippen molar-refractivity contribution < 1.29 is 9.18 Å².